The maximum absolute atomic E-state index is 14.5. The molecule has 236 valence electrons. The minimum Gasteiger partial charge on any atom is -0.497 e. The van der Waals surface area contributed by atoms with Crippen LogP contribution in [0, 0.1) is 6.92 Å². The number of sulfonamides is 1. The van der Waals surface area contributed by atoms with E-state index in [0.717, 1.165) is 21.0 Å². The number of aryl methyl sites for hydroxylation is 1. The first-order valence-corrected chi connectivity index (χ1v) is 16.5. The molecule has 0 spiro atoms. The molecule has 0 saturated heterocycles. The Bertz CT molecular complexity index is 1700. The smallest absolute Gasteiger partial charge is 0.264 e. The average Bonchev–Trinajstić information content (AvgIpc) is 3.05. The van der Waals surface area contributed by atoms with Crippen molar-refractivity contribution >= 4 is 39.1 Å². The van der Waals surface area contributed by atoms with E-state index < -0.39 is 28.5 Å². The zero-order chi connectivity index (χ0) is 32.4. The van der Waals surface area contributed by atoms with E-state index in [4.69, 9.17) is 16.3 Å². The molecule has 4 aromatic rings. The molecular weight excluding hydrogens is 610 g/mol. The number of carbonyl (C=O) groups excluding carboxylic acids is 2. The fourth-order valence-electron chi connectivity index (χ4n) is 4.89. The molecule has 4 rings (SSSR count). The van der Waals surface area contributed by atoms with Crippen LogP contribution >= 0.6 is 11.6 Å². The normalized spacial score (nSPS) is 11.8. The van der Waals surface area contributed by atoms with Crippen LogP contribution < -0.4 is 14.4 Å². The minimum absolute atomic E-state index is 0.0155. The molecule has 10 heteroatoms. The summed E-state index contributed by atoms with van der Waals surface area (Å²) >= 11 is 6.53. The fraction of sp³-hybridized carbons (Fsp3) is 0.257. The van der Waals surface area contributed by atoms with Crippen LogP contribution in [0.2, 0.25) is 5.02 Å². The summed E-state index contributed by atoms with van der Waals surface area (Å²) in [6.07, 6.45) is 0.936. The Balaban J connectivity index is 1.81. The standard InChI is InChI=1S/C35H38ClN3O5S/c1-4-21-37-35(41)33(23-27-11-6-5-7-12-27)38(24-28-13-10-14-29(22-28)44-3)34(40)25-39(32-16-9-8-15-31(32)36)45(42,43)30-19-17-26(2)18-20-30/h5-20,22,33H,4,21,23-25H2,1-3H3,(H,37,41). The van der Waals surface area contributed by atoms with Gasteiger partial charge in [0.05, 0.1) is 22.7 Å². The molecule has 0 bridgehead atoms. The number of para-hydroxylation sites is 1. The number of nitrogens with one attached hydrogen (secondary N) is 1. The number of benzene rings is 4. The molecule has 1 atom stereocenters. The molecule has 0 fully saturated rings. The second kappa shape index (κ2) is 15.6. The number of ether oxygens (including phenoxy) is 1. The Labute approximate surface area is 270 Å². The van der Waals surface area contributed by atoms with E-state index in [9.17, 15) is 18.0 Å². The largest absolute Gasteiger partial charge is 0.497 e. The highest BCUT2D eigenvalue weighted by atomic mass is 35.5. The van der Waals surface area contributed by atoms with Crippen LogP contribution in [0.3, 0.4) is 0 Å². The number of carbonyl (C=O) groups is 2. The van der Waals surface area contributed by atoms with Crippen molar-refractivity contribution in [2.75, 3.05) is 24.5 Å². The summed E-state index contributed by atoms with van der Waals surface area (Å²) in [7, 11) is -2.69. The molecule has 4 aromatic carbocycles. The van der Waals surface area contributed by atoms with Gasteiger partial charge in [-0.05, 0) is 60.9 Å². The van der Waals surface area contributed by atoms with Crippen LogP contribution in [0.4, 0.5) is 5.69 Å². The van der Waals surface area contributed by atoms with Crippen molar-refractivity contribution in [1.82, 2.24) is 10.2 Å². The molecule has 45 heavy (non-hydrogen) atoms. The summed E-state index contributed by atoms with van der Waals surface area (Å²) in [6, 6.07) is 28.6. The molecule has 1 unspecified atom stereocenters. The van der Waals surface area contributed by atoms with E-state index in [-0.39, 0.29) is 34.5 Å². The van der Waals surface area contributed by atoms with Gasteiger partial charge < -0.3 is 15.0 Å². The molecule has 0 saturated carbocycles. The van der Waals surface area contributed by atoms with E-state index in [1.165, 1.54) is 17.0 Å². The third-order valence-electron chi connectivity index (χ3n) is 7.32. The number of hydrogen-bond donors (Lipinski definition) is 1. The Morgan fingerprint density at radius 2 is 1.56 bits per heavy atom. The Morgan fingerprint density at radius 3 is 2.22 bits per heavy atom. The van der Waals surface area contributed by atoms with Gasteiger partial charge in [0.25, 0.3) is 10.0 Å². The quantitative estimate of drug-likeness (QED) is 0.181. The zero-order valence-corrected chi connectivity index (χ0v) is 27.2. The number of amides is 2. The van der Waals surface area contributed by atoms with Gasteiger partial charge in [0.2, 0.25) is 11.8 Å². The lowest BCUT2D eigenvalue weighted by Crippen LogP contribution is -2.53. The van der Waals surface area contributed by atoms with E-state index in [1.807, 2.05) is 50.2 Å². The first kappa shape index (κ1) is 33.6. The van der Waals surface area contributed by atoms with Crippen molar-refractivity contribution in [2.24, 2.45) is 0 Å². The van der Waals surface area contributed by atoms with Crippen molar-refractivity contribution in [3.8, 4) is 5.75 Å². The average molecular weight is 648 g/mol. The maximum Gasteiger partial charge on any atom is 0.264 e. The summed E-state index contributed by atoms with van der Waals surface area (Å²) in [5.41, 5.74) is 2.62. The highest BCUT2D eigenvalue weighted by Gasteiger charge is 2.35. The number of nitrogens with zero attached hydrogens (tertiary/aromatic N) is 2. The number of anilines is 1. The summed E-state index contributed by atoms with van der Waals surface area (Å²) < 4.78 is 34.7. The van der Waals surface area contributed by atoms with Crippen LogP contribution in [0.15, 0.2) is 108 Å². The van der Waals surface area contributed by atoms with Crippen LogP contribution in [-0.2, 0) is 32.6 Å². The van der Waals surface area contributed by atoms with Crippen molar-refractivity contribution in [3.05, 3.63) is 125 Å². The predicted molar refractivity (Wildman–Crippen MR) is 178 cm³/mol. The van der Waals surface area contributed by atoms with Gasteiger partial charge in [0.15, 0.2) is 0 Å². The SMILES string of the molecule is CCCNC(=O)C(Cc1ccccc1)N(Cc1cccc(OC)c1)C(=O)CN(c1ccccc1Cl)S(=O)(=O)c1ccc(C)cc1. The molecule has 0 heterocycles. The fourth-order valence-corrected chi connectivity index (χ4v) is 6.61. The molecule has 8 nitrogen and oxygen atoms in total. The summed E-state index contributed by atoms with van der Waals surface area (Å²) in [6.45, 7) is 3.69. The lowest BCUT2D eigenvalue weighted by molar-refractivity contribution is -0.140. The third-order valence-corrected chi connectivity index (χ3v) is 9.41. The Hall–Kier alpha value is -4.34. The predicted octanol–water partition coefficient (Wildman–Crippen LogP) is 6.02. The van der Waals surface area contributed by atoms with Gasteiger partial charge in [-0.25, -0.2) is 8.42 Å². The minimum atomic E-state index is -4.24. The summed E-state index contributed by atoms with van der Waals surface area (Å²) in [4.78, 5) is 29.7. The molecule has 0 aliphatic carbocycles. The van der Waals surface area contributed by atoms with Gasteiger partial charge >= 0.3 is 0 Å². The van der Waals surface area contributed by atoms with Gasteiger partial charge in [-0.1, -0.05) is 90.8 Å². The number of halogens is 1. The first-order chi connectivity index (χ1) is 21.6. The lowest BCUT2D eigenvalue weighted by atomic mass is 10.0. The maximum atomic E-state index is 14.5. The molecule has 2 amide bonds. The second-order valence-corrected chi connectivity index (χ2v) is 12.9. The van der Waals surface area contributed by atoms with Crippen LogP contribution in [0.25, 0.3) is 0 Å². The van der Waals surface area contributed by atoms with Gasteiger partial charge in [-0.2, -0.15) is 0 Å². The molecule has 0 aliphatic rings. The zero-order valence-electron chi connectivity index (χ0n) is 25.6. The van der Waals surface area contributed by atoms with Crippen LogP contribution in [0.5, 0.6) is 5.75 Å². The van der Waals surface area contributed by atoms with E-state index in [1.54, 1.807) is 61.7 Å². The van der Waals surface area contributed by atoms with Crippen molar-refractivity contribution in [3.63, 3.8) is 0 Å². The van der Waals surface area contributed by atoms with E-state index in [0.29, 0.717) is 18.7 Å². The van der Waals surface area contributed by atoms with Crippen molar-refractivity contribution < 1.29 is 22.7 Å². The Kier molecular flexibility index (Phi) is 11.6. The molecule has 1 N–H and O–H groups in total. The van der Waals surface area contributed by atoms with E-state index >= 15 is 0 Å². The lowest BCUT2D eigenvalue weighted by Gasteiger charge is -2.34. The van der Waals surface area contributed by atoms with Gasteiger partial charge in [0, 0.05) is 19.5 Å². The Morgan fingerprint density at radius 1 is 0.889 bits per heavy atom. The highest BCUT2D eigenvalue weighted by Crippen LogP contribution is 2.31. The molecule has 0 aliphatic heterocycles. The van der Waals surface area contributed by atoms with Crippen LogP contribution in [0.1, 0.15) is 30.0 Å². The topological polar surface area (TPSA) is 96.0 Å². The summed E-state index contributed by atoms with van der Waals surface area (Å²) in [5.74, 6) is -0.307. The van der Waals surface area contributed by atoms with Crippen LogP contribution in [-0.4, -0.2) is 51.4 Å². The summed E-state index contributed by atoms with van der Waals surface area (Å²) in [5, 5.41) is 3.11. The second-order valence-electron chi connectivity index (χ2n) is 10.6. The van der Waals surface area contributed by atoms with Gasteiger partial charge in [-0.3, -0.25) is 13.9 Å². The third kappa shape index (κ3) is 8.65. The molecule has 0 radical (unpaired) electrons. The van der Waals surface area contributed by atoms with E-state index in [2.05, 4.69) is 5.32 Å². The first-order valence-electron chi connectivity index (χ1n) is 14.7. The molecular formula is C35H38ClN3O5S. The van der Waals surface area contributed by atoms with Crippen molar-refractivity contribution in [2.45, 2.75) is 44.2 Å². The number of rotatable bonds is 14. The molecule has 0 aromatic heterocycles. The number of methoxy groups -OCH3 is 1. The van der Waals surface area contributed by atoms with Crippen molar-refractivity contribution in [1.29, 1.82) is 0 Å². The number of hydrogen-bond acceptors (Lipinski definition) is 5. The monoisotopic (exact) mass is 647 g/mol. The highest BCUT2D eigenvalue weighted by molar-refractivity contribution is 7.92. The van der Waals surface area contributed by atoms with Gasteiger partial charge in [0.1, 0.15) is 18.3 Å². The van der Waals surface area contributed by atoms with Gasteiger partial charge in [-0.15, -0.1) is 0 Å².